The van der Waals surface area contributed by atoms with Gasteiger partial charge in [0.05, 0.1) is 12.2 Å². The van der Waals surface area contributed by atoms with Crippen molar-refractivity contribution in [1.82, 2.24) is 9.88 Å². The molecule has 18 heavy (non-hydrogen) atoms. The maximum absolute atomic E-state index is 13.5. The number of hydrogen-bond acceptors (Lipinski definition) is 3. The molecule has 4 nitrogen and oxygen atoms in total. The van der Waals surface area contributed by atoms with Crippen molar-refractivity contribution in [2.24, 2.45) is 0 Å². The molecule has 0 spiro atoms. The first-order valence-electron chi connectivity index (χ1n) is 5.75. The summed E-state index contributed by atoms with van der Waals surface area (Å²) in [7, 11) is 1.53. The molecule has 1 aliphatic carbocycles. The molecule has 0 N–H and O–H groups in total. The first-order valence-corrected chi connectivity index (χ1v) is 5.75. The van der Waals surface area contributed by atoms with Crippen LogP contribution in [0.25, 0.3) is 0 Å². The molecular weight excluding hydrogens is 242 g/mol. The second-order valence-corrected chi connectivity index (χ2v) is 4.19. The number of methoxy groups -OCH3 is 1. The van der Waals surface area contributed by atoms with Crippen molar-refractivity contribution in [3.63, 3.8) is 0 Å². The van der Waals surface area contributed by atoms with Crippen LogP contribution >= 0.6 is 0 Å². The lowest BCUT2D eigenvalue weighted by atomic mass is 10.2. The molecule has 1 saturated carbocycles. The molecule has 0 radical (unpaired) electrons. The van der Waals surface area contributed by atoms with E-state index in [4.69, 9.17) is 4.74 Å². The second-order valence-electron chi connectivity index (χ2n) is 4.19. The molecule has 1 fully saturated rings. The number of pyridine rings is 1. The van der Waals surface area contributed by atoms with Crippen LogP contribution in [0.3, 0.4) is 0 Å². The number of ether oxygens (including phenoxy) is 1. The number of amides is 1. The van der Waals surface area contributed by atoms with Crippen molar-refractivity contribution >= 4 is 5.91 Å². The fourth-order valence-electron chi connectivity index (χ4n) is 1.76. The Morgan fingerprint density at radius 2 is 2.28 bits per heavy atom. The predicted molar refractivity (Wildman–Crippen MR) is 60.1 cm³/mol. The van der Waals surface area contributed by atoms with E-state index in [0.29, 0.717) is 13.2 Å². The zero-order valence-electron chi connectivity index (χ0n) is 10.0. The lowest BCUT2D eigenvalue weighted by Gasteiger charge is -2.22. The summed E-state index contributed by atoms with van der Waals surface area (Å²) < 4.78 is 31.4. The third kappa shape index (κ3) is 2.64. The summed E-state index contributed by atoms with van der Waals surface area (Å²) in [5, 5.41) is 0. The molecule has 1 aromatic heterocycles. The van der Waals surface area contributed by atoms with E-state index in [1.54, 1.807) is 0 Å². The monoisotopic (exact) mass is 256 g/mol. The summed E-state index contributed by atoms with van der Waals surface area (Å²) in [4.78, 5) is 16.8. The van der Waals surface area contributed by atoms with E-state index in [-0.39, 0.29) is 11.6 Å². The third-order valence-electron chi connectivity index (χ3n) is 2.86. The first-order chi connectivity index (χ1) is 8.65. The number of carbonyl (C=O) groups excluding carboxylic acids is 1. The summed E-state index contributed by atoms with van der Waals surface area (Å²) in [6.07, 6.45) is 2.88. The van der Waals surface area contributed by atoms with Crippen molar-refractivity contribution in [2.45, 2.75) is 18.9 Å². The Morgan fingerprint density at radius 3 is 2.89 bits per heavy atom. The van der Waals surface area contributed by atoms with Gasteiger partial charge in [0.1, 0.15) is 0 Å². The standard InChI is InChI=1S/C12H14F2N2O2/c1-18-7-6-16(8-2-3-8)12(17)9-4-5-15-11(14)10(9)13/h4-5,8H,2-3,6-7H2,1H3. The van der Waals surface area contributed by atoms with Gasteiger partial charge in [-0.15, -0.1) is 0 Å². The van der Waals surface area contributed by atoms with Crippen molar-refractivity contribution in [2.75, 3.05) is 20.3 Å². The van der Waals surface area contributed by atoms with Gasteiger partial charge in [-0.3, -0.25) is 4.79 Å². The highest BCUT2D eigenvalue weighted by molar-refractivity contribution is 5.94. The van der Waals surface area contributed by atoms with Gasteiger partial charge >= 0.3 is 0 Å². The highest BCUT2D eigenvalue weighted by atomic mass is 19.2. The molecule has 0 aliphatic heterocycles. The molecule has 1 aromatic rings. The molecule has 1 heterocycles. The quantitative estimate of drug-likeness (QED) is 0.752. The van der Waals surface area contributed by atoms with Gasteiger partial charge in [0.2, 0.25) is 5.95 Å². The summed E-state index contributed by atoms with van der Waals surface area (Å²) in [5.41, 5.74) is -0.273. The van der Waals surface area contributed by atoms with E-state index < -0.39 is 17.7 Å². The number of carbonyl (C=O) groups is 1. The topological polar surface area (TPSA) is 42.4 Å². The maximum atomic E-state index is 13.5. The van der Waals surface area contributed by atoms with Crippen LogP contribution in [0.15, 0.2) is 12.3 Å². The molecular formula is C12H14F2N2O2. The Balaban J connectivity index is 2.19. The number of aromatic nitrogens is 1. The van der Waals surface area contributed by atoms with Gasteiger partial charge in [-0.05, 0) is 18.9 Å². The SMILES string of the molecule is COCCN(C(=O)c1ccnc(F)c1F)C1CC1. The van der Waals surface area contributed by atoms with Gasteiger partial charge in [-0.1, -0.05) is 0 Å². The van der Waals surface area contributed by atoms with Gasteiger partial charge in [-0.2, -0.15) is 4.39 Å². The highest BCUT2D eigenvalue weighted by Gasteiger charge is 2.34. The largest absolute Gasteiger partial charge is 0.383 e. The zero-order valence-corrected chi connectivity index (χ0v) is 10.0. The summed E-state index contributed by atoms with van der Waals surface area (Å²) in [5.74, 6) is -2.94. The average Bonchev–Trinajstić information content (AvgIpc) is 3.17. The summed E-state index contributed by atoms with van der Waals surface area (Å²) >= 11 is 0. The van der Waals surface area contributed by atoms with Crippen molar-refractivity contribution < 1.29 is 18.3 Å². The second kappa shape index (κ2) is 5.39. The molecule has 0 unspecified atom stereocenters. The van der Waals surface area contributed by atoms with Crippen LogP contribution in [0.1, 0.15) is 23.2 Å². The zero-order chi connectivity index (χ0) is 13.1. The van der Waals surface area contributed by atoms with Crippen LogP contribution in [0.5, 0.6) is 0 Å². The Hall–Kier alpha value is -1.56. The minimum absolute atomic E-state index is 0.114. The summed E-state index contributed by atoms with van der Waals surface area (Å²) in [6, 6.07) is 1.31. The van der Waals surface area contributed by atoms with Crippen LogP contribution < -0.4 is 0 Å². The Labute approximate surface area is 104 Å². The smallest absolute Gasteiger partial charge is 0.257 e. The molecule has 0 atom stereocenters. The normalized spacial score (nSPS) is 14.6. The summed E-state index contributed by atoms with van der Waals surface area (Å²) in [6.45, 7) is 0.751. The lowest BCUT2D eigenvalue weighted by Crippen LogP contribution is -2.36. The van der Waals surface area contributed by atoms with Crippen LogP contribution in [-0.2, 0) is 4.74 Å². The lowest BCUT2D eigenvalue weighted by molar-refractivity contribution is 0.0674. The number of rotatable bonds is 5. The molecule has 2 rings (SSSR count). The van der Waals surface area contributed by atoms with Gasteiger partial charge in [0, 0.05) is 25.9 Å². The Morgan fingerprint density at radius 1 is 1.56 bits per heavy atom. The van der Waals surface area contributed by atoms with Gasteiger partial charge in [0.15, 0.2) is 5.82 Å². The predicted octanol–water partition coefficient (Wildman–Crippen LogP) is 1.61. The minimum atomic E-state index is -1.25. The fraction of sp³-hybridized carbons (Fsp3) is 0.500. The Bertz CT molecular complexity index is 450. The van der Waals surface area contributed by atoms with Crippen LogP contribution in [0.4, 0.5) is 8.78 Å². The molecule has 98 valence electrons. The van der Waals surface area contributed by atoms with Gasteiger partial charge in [-0.25, -0.2) is 9.37 Å². The van der Waals surface area contributed by atoms with Gasteiger partial charge < -0.3 is 9.64 Å². The highest BCUT2D eigenvalue weighted by Crippen LogP contribution is 2.28. The van der Waals surface area contributed by atoms with E-state index >= 15 is 0 Å². The van der Waals surface area contributed by atoms with Crippen LogP contribution in [0, 0.1) is 11.8 Å². The number of halogens is 2. The van der Waals surface area contributed by atoms with E-state index in [0.717, 1.165) is 19.0 Å². The Kier molecular flexibility index (Phi) is 3.86. The molecule has 6 heteroatoms. The molecule has 0 bridgehead atoms. The number of nitrogens with zero attached hydrogens (tertiary/aromatic N) is 2. The molecule has 0 aromatic carbocycles. The van der Waals surface area contributed by atoms with E-state index in [9.17, 15) is 13.6 Å². The molecule has 1 amide bonds. The van der Waals surface area contributed by atoms with Crippen LogP contribution in [-0.4, -0.2) is 42.1 Å². The van der Waals surface area contributed by atoms with Crippen molar-refractivity contribution in [1.29, 1.82) is 0 Å². The average molecular weight is 256 g/mol. The van der Waals surface area contributed by atoms with Crippen molar-refractivity contribution in [3.05, 3.63) is 29.6 Å². The van der Waals surface area contributed by atoms with E-state index in [2.05, 4.69) is 4.98 Å². The third-order valence-corrected chi connectivity index (χ3v) is 2.86. The number of hydrogen-bond donors (Lipinski definition) is 0. The molecule has 0 saturated heterocycles. The van der Waals surface area contributed by atoms with Gasteiger partial charge in [0.25, 0.3) is 5.91 Å². The maximum Gasteiger partial charge on any atom is 0.257 e. The fourth-order valence-corrected chi connectivity index (χ4v) is 1.76. The first kappa shape index (κ1) is 12.9. The van der Waals surface area contributed by atoms with Crippen LogP contribution in [0.2, 0.25) is 0 Å². The minimum Gasteiger partial charge on any atom is -0.383 e. The van der Waals surface area contributed by atoms with Crippen molar-refractivity contribution in [3.8, 4) is 0 Å². The van der Waals surface area contributed by atoms with E-state index in [1.165, 1.54) is 18.1 Å². The van der Waals surface area contributed by atoms with E-state index in [1.807, 2.05) is 0 Å². The molecule has 1 aliphatic rings.